The molecule has 0 aliphatic rings. The Morgan fingerprint density at radius 1 is 1.08 bits per heavy atom. The van der Waals surface area contributed by atoms with Crippen molar-refractivity contribution in [1.82, 2.24) is 9.55 Å². The zero-order valence-corrected chi connectivity index (χ0v) is 14.2. The second-order valence-corrected chi connectivity index (χ2v) is 5.86. The molecule has 1 aromatic heterocycles. The smallest absolute Gasteiger partial charge is 0.333 e. The van der Waals surface area contributed by atoms with Crippen LogP contribution in [0.2, 0.25) is 0 Å². The molecule has 4 nitrogen and oxygen atoms in total. The van der Waals surface area contributed by atoms with Crippen LogP contribution >= 0.6 is 0 Å². The molecule has 0 unspecified atom stereocenters. The lowest BCUT2D eigenvalue weighted by Crippen LogP contribution is -2.10. The molecule has 0 spiro atoms. The van der Waals surface area contributed by atoms with Gasteiger partial charge in [0, 0.05) is 17.7 Å². The number of nitrogens with zero attached hydrogens (tertiary/aromatic N) is 2. The van der Waals surface area contributed by atoms with E-state index in [9.17, 15) is 4.79 Å². The van der Waals surface area contributed by atoms with Crippen molar-refractivity contribution in [1.29, 1.82) is 0 Å². The van der Waals surface area contributed by atoms with Crippen molar-refractivity contribution in [3.8, 4) is 5.69 Å². The molecular formula is C21H20N2O2. The first-order valence-electron chi connectivity index (χ1n) is 8.12. The van der Waals surface area contributed by atoms with Crippen molar-refractivity contribution in [3.05, 3.63) is 96.1 Å². The van der Waals surface area contributed by atoms with Gasteiger partial charge in [-0.15, -0.1) is 0 Å². The predicted molar refractivity (Wildman–Crippen MR) is 97.4 cm³/mol. The Morgan fingerprint density at radius 2 is 1.72 bits per heavy atom. The lowest BCUT2D eigenvalue weighted by molar-refractivity contribution is -0.140. The van der Waals surface area contributed by atoms with Gasteiger partial charge in [0.1, 0.15) is 12.4 Å². The quantitative estimate of drug-likeness (QED) is 0.504. The van der Waals surface area contributed by atoms with Crippen molar-refractivity contribution in [2.45, 2.75) is 20.0 Å². The number of ether oxygens (including phenoxy) is 1. The average molecular weight is 332 g/mol. The topological polar surface area (TPSA) is 44.1 Å². The maximum absolute atomic E-state index is 11.7. The molecule has 4 heteroatoms. The number of rotatable bonds is 6. The van der Waals surface area contributed by atoms with Gasteiger partial charge in [-0.2, -0.15) is 0 Å². The summed E-state index contributed by atoms with van der Waals surface area (Å²) in [5, 5.41) is 0. The molecule has 126 valence electrons. The Morgan fingerprint density at radius 3 is 2.36 bits per heavy atom. The Labute approximate surface area is 147 Å². The maximum Gasteiger partial charge on any atom is 0.333 e. The van der Waals surface area contributed by atoms with Crippen LogP contribution in [-0.2, 0) is 22.6 Å². The van der Waals surface area contributed by atoms with Crippen LogP contribution in [0.15, 0.2) is 79.0 Å². The summed E-state index contributed by atoms with van der Waals surface area (Å²) < 4.78 is 7.36. The second kappa shape index (κ2) is 7.62. The van der Waals surface area contributed by atoms with E-state index in [1.807, 2.05) is 53.1 Å². The summed E-state index contributed by atoms with van der Waals surface area (Å²) in [6.45, 7) is 5.40. The SMILES string of the molecule is C=C(C)C(=O)OCc1cnc(Cc2ccccc2)n1-c1ccccc1. The number of hydrogen-bond acceptors (Lipinski definition) is 3. The highest BCUT2D eigenvalue weighted by atomic mass is 16.5. The summed E-state index contributed by atoms with van der Waals surface area (Å²) >= 11 is 0. The van der Waals surface area contributed by atoms with Gasteiger partial charge in [0.2, 0.25) is 0 Å². The molecule has 25 heavy (non-hydrogen) atoms. The summed E-state index contributed by atoms with van der Waals surface area (Å²) in [5.41, 5.74) is 3.38. The maximum atomic E-state index is 11.7. The molecule has 0 saturated heterocycles. The van der Waals surface area contributed by atoms with E-state index in [1.165, 1.54) is 5.56 Å². The summed E-state index contributed by atoms with van der Waals surface area (Å²) in [6, 6.07) is 20.1. The first-order valence-corrected chi connectivity index (χ1v) is 8.12. The Bertz CT molecular complexity index is 867. The van der Waals surface area contributed by atoms with Crippen molar-refractivity contribution >= 4 is 5.97 Å². The predicted octanol–water partition coefficient (Wildman–Crippen LogP) is 4.08. The van der Waals surface area contributed by atoms with Gasteiger partial charge in [-0.1, -0.05) is 55.1 Å². The zero-order valence-electron chi connectivity index (χ0n) is 14.2. The standard InChI is InChI=1S/C21H20N2O2/c1-16(2)21(24)25-15-19-14-22-20(13-17-9-5-3-6-10-17)23(19)18-11-7-4-8-12-18/h3-12,14H,1,13,15H2,2H3. The largest absolute Gasteiger partial charge is 0.456 e. The van der Waals surface area contributed by atoms with Crippen molar-refractivity contribution in [2.24, 2.45) is 0 Å². The molecule has 0 amide bonds. The van der Waals surface area contributed by atoms with Crippen LogP contribution in [-0.4, -0.2) is 15.5 Å². The monoisotopic (exact) mass is 332 g/mol. The Hall–Kier alpha value is -3.14. The van der Waals surface area contributed by atoms with Gasteiger partial charge in [0.05, 0.1) is 11.9 Å². The van der Waals surface area contributed by atoms with E-state index in [2.05, 4.69) is 23.7 Å². The van der Waals surface area contributed by atoms with Crippen molar-refractivity contribution in [2.75, 3.05) is 0 Å². The number of carbonyl (C=O) groups is 1. The van der Waals surface area contributed by atoms with Gasteiger partial charge in [0.25, 0.3) is 0 Å². The first-order chi connectivity index (χ1) is 12.1. The minimum Gasteiger partial charge on any atom is -0.456 e. The number of para-hydroxylation sites is 1. The van der Waals surface area contributed by atoms with E-state index < -0.39 is 5.97 Å². The van der Waals surface area contributed by atoms with Gasteiger partial charge < -0.3 is 4.74 Å². The van der Waals surface area contributed by atoms with Crippen LogP contribution in [0, 0.1) is 0 Å². The second-order valence-electron chi connectivity index (χ2n) is 5.86. The van der Waals surface area contributed by atoms with Crippen LogP contribution < -0.4 is 0 Å². The van der Waals surface area contributed by atoms with E-state index >= 15 is 0 Å². The molecule has 0 aliphatic carbocycles. The molecular weight excluding hydrogens is 312 g/mol. The van der Waals surface area contributed by atoms with E-state index in [4.69, 9.17) is 4.74 Å². The van der Waals surface area contributed by atoms with Crippen molar-refractivity contribution < 1.29 is 9.53 Å². The van der Waals surface area contributed by atoms with E-state index in [-0.39, 0.29) is 6.61 Å². The third-order valence-corrected chi connectivity index (χ3v) is 3.83. The van der Waals surface area contributed by atoms with Gasteiger partial charge in [0.15, 0.2) is 0 Å². The van der Waals surface area contributed by atoms with Crippen LogP contribution in [0.3, 0.4) is 0 Å². The third kappa shape index (κ3) is 4.04. The lowest BCUT2D eigenvalue weighted by Gasteiger charge is -2.13. The first kappa shape index (κ1) is 16.7. The zero-order chi connectivity index (χ0) is 17.6. The van der Waals surface area contributed by atoms with Gasteiger partial charge in [-0.25, -0.2) is 9.78 Å². The van der Waals surface area contributed by atoms with Crippen LogP contribution in [0.4, 0.5) is 0 Å². The number of aromatic nitrogens is 2. The summed E-state index contributed by atoms with van der Waals surface area (Å²) in [6.07, 6.45) is 2.46. The van der Waals surface area contributed by atoms with Crippen LogP contribution in [0.25, 0.3) is 5.69 Å². The van der Waals surface area contributed by atoms with E-state index in [1.54, 1.807) is 13.1 Å². The summed E-state index contributed by atoms with van der Waals surface area (Å²) in [7, 11) is 0. The number of hydrogen-bond donors (Lipinski definition) is 0. The molecule has 0 atom stereocenters. The number of esters is 1. The number of imidazole rings is 1. The van der Waals surface area contributed by atoms with E-state index in [0.717, 1.165) is 17.2 Å². The summed E-state index contributed by atoms with van der Waals surface area (Å²) in [4.78, 5) is 16.3. The fraction of sp³-hybridized carbons (Fsp3) is 0.143. The average Bonchev–Trinajstić information content (AvgIpc) is 3.03. The molecule has 3 aromatic rings. The highest BCUT2D eigenvalue weighted by Gasteiger charge is 2.14. The van der Waals surface area contributed by atoms with Gasteiger partial charge >= 0.3 is 5.97 Å². The van der Waals surface area contributed by atoms with Crippen molar-refractivity contribution in [3.63, 3.8) is 0 Å². The third-order valence-electron chi connectivity index (χ3n) is 3.83. The fourth-order valence-corrected chi connectivity index (χ4v) is 2.59. The molecule has 2 aromatic carbocycles. The highest BCUT2D eigenvalue weighted by molar-refractivity contribution is 5.86. The molecule has 0 aliphatic heterocycles. The summed E-state index contributed by atoms with van der Waals surface area (Å²) in [5.74, 6) is 0.504. The van der Waals surface area contributed by atoms with E-state index in [0.29, 0.717) is 12.0 Å². The molecule has 0 bridgehead atoms. The minimum atomic E-state index is -0.398. The molecule has 1 heterocycles. The Kier molecular flexibility index (Phi) is 5.09. The van der Waals surface area contributed by atoms with Crippen LogP contribution in [0.1, 0.15) is 24.0 Å². The molecule has 0 radical (unpaired) electrons. The van der Waals surface area contributed by atoms with Gasteiger partial charge in [-0.3, -0.25) is 4.57 Å². The minimum absolute atomic E-state index is 0.155. The van der Waals surface area contributed by atoms with Gasteiger partial charge in [-0.05, 0) is 24.6 Å². The fourth-order valence-electron chi connectivity index (χ4n) is 2.59. The molecule has 0 fully saturated rings. The molecule has 0 saturated carbocycles. The molecule has 0 N–H and O–H groups in total. The Balaban J connectivity index is 1.93. The van der Waals surface area contributed by atoms with Crippen LogP contribution in [0.5, 0.6) is 0 Å². The highest BCUT2D eigenvalue weighted by Crippen LogP contribution is 2.19. The lowest BCUT2D eigenvalue weighted by atomic mass is 10.1. The normalized spacial score (nSPS) is 10.4. The number of carbonyl (C=O) groups excluding carboxylic acids is 1. The molecule has 3 rings (SSSR count). The number of benzene rings is 2.